The molecule has 0 saturated heterocycles. The van der Waals surface area contributed by atoms with E-state index in [9.17, 15) is 5.11 Å². The Bertz CT molecular complexity index is 3510. The normalized spacial score (nSPS) is 12.1. The van der Waals surface area contributed by atoms with E-state index in [0.717, 1.165) is 138 Å². The average molecular weight is 1610 g/mol. The second-order valence-electron chi connectivity index (χ2n) is 27.0. The van der Waals surface area contributed by atoms with E-state index < -0.39 is 0 Å². The van der Waals surface area contributed by atoms with Crippen LogP contribution in [0.4, 0.5) is 0 Å². The molecule has 0 atom stereocenters. The van der Waals surface area contributed by atoms with E-state index in [0.29, 0.717) is 64.3 Å². The van der Waals surface area contributed by atoms with E-state index in [2.05, 4.69) is 117 Å². The number of hydrogen-bond acceptors (Lipinski definition) is 17. The molecule has 0 spiro atoms. The number of para-hydroxylation sites is 7. The molecule has 17 heteroatoms. The van der Waals surface area contributed by atoms with Crippen LogP contribution in [0.25, 0.3) is 0 Å². The second kappa shape index (κ2) is 69.8. The Morgan fingerprint density at radius 3 is 1.02 bits per heavy atom. The molecule has 0 aliphatic heterocycles. The lowest BCUT2D eigenvalue weighted by Gasteiger charge is -2.23. The van der Waals surface area contributed by atoms with Gasteiger partial charge in [0.2, 0.25) is 0 Å². The van der Waals surface area contributed by atoms with Gasteiger partial charge in [-0.3, -0.25) is 0 Å². The van der Waals surface area contributed by atoms with Gasteiger partial charge in [0.1, 0.15) is 55.2 Å². The number of ether oxygens (including phenoxy) is 7. The first-order valence-electron chi connectivity index (χ1n) is 41.6. The van der Waals surface area contributed by atoms with E-state index in [1.165, 1.54) is 71.2 Å². The van der Waals surface area contributed by atoms with Crippen LogP contribution in [0.3, 0.4) is 0 Å². The topological polar surface area (TPSA) is 247 Å². The molecular formula is C98H140O16S. The van der Waals surface area contributed by atoms with Crippen molar-refractivity contribution < 1.29 is 79.1 Å². The first kappa shape index (κ1) is 103. The molecule has 1 saturated carbocycles. The van der Waals surface area contributed by atoms with E-state index in [-0.39, 0.29) is 52.9 Å². The zero-order valence-electron chi connectivity index (χ0n) is 70.6. The molecule has 0 amide bonds. The van der Waals surface area contributed by atoms with Gasteiger partial charge in [0.25, 0.3) is 0 Å². The summed E-state index contributed by atoms with van der Waals surface area (Å²) in [5, 5.41) is 79.2. The predicted octanol–water partition coefficient (Wildman–Crippen LogP) is 19.7. The van der Waals surface area contributed by atoms with Gasteiger partial charge in [0, 0.05) is 28.6 Å². The molecule has 1 aliphatic carbocycles. The largest absolute Gasteiger partial charge is 0.493 e. The molecule has 0 aromatic heterocycles. The Morgan fingerprint density at radius 1 is 0.278 bits per heavy atom. The van der Waals surface area contributed by atoms with Crippen LogP contribution in [0.2, 0.25) is 0 Å². The van der Waals surface area contributed by atoms with Crippen molar-refractivity contribution >= 4 is 11.8 Å². The number of hydrogen-bond donors (Lipinski definition) is 9. The minimum absolute atomic E-state index is 0.0160. The summed E-state index contributed by atoms with van der Waals surface area (Å²) in [7, 11) is 0. The van der Waals surface area contributed by atoms with Gasteiger partial charge in [-0.05, 0) is 188 Å². The maximum Gasteiger partial charge on any atom is 0.161 e. The summed E-state index contributed by atoms with van der Waals surface area (Å²) in [6, 6.07) is 71.3. The van der Waals surface area contributed by atoms with E-state index in [1.54, 1.807) is 11.8 Å². The van der Waals surface area contributed by atoms with Gasteiger partial charge in [-0.25, -0.2) is 0 Å². The Hall–Kier alpha value is -8.43. The van der Waals surface area contributed by atoms with Crippen molar-refractivity contribution in [3.8, 4) is 40.2 Å². The van der Waals surface area contributed by atoms with E-state index >= 15 is 0 Å². The highest BCUT2D eigenvalue weighted by atomic mass is 32.2. The minimum Gasteiger partial charge on any atom is -0.493 e. The minimum atomic E-state index is 0.0160. The molecule has 0 bridgehead atoms. The van der Waals surface area contributed by atoms with Crippen LogP contribution in [0.5, 0.6) is 40.2 Å². The third-order valence-electron chi connectivity index (χ3n) is 17.6. The number of rotatable bonds is 38. The Labute approximate surface area is 694 Å². The lowest BCUT2D eigenvalue weighted by molar-refractivity contribution is 0.172. The molecule has 634 valence electrons. The van der Waals surface area contributed by atoms with Gasteiger partial charge >= 0.3 is 0 Å². The van der Waals surface area contributed by atoms with Gasteiger partial charge in [-0.2, -0.15) is 0 Å². The molecule has 16 nitrogen and oxygen atoms in total. The maximum absolute atomic E-state index is 9.31. The fourth-order valence-corrected chi connectivity index (χ4v) is 12.5. The standard InChI is InChI=1S/C15H16OS.C12H18O2.C11H16O3.2C11H16O2.2C10H14O2.C10H14O.C8H16O/c1-2-12-7-3-5-9-14(12)17-15-10-6-4-8-13(15)11-16;1-2-3-6-11-7-4-5-8-12(11)14-10-9-13;1-2-8-13-10-5-3-4-6-11(10)14-9-7-12;1-2-9-13-11-6-4-3-5-10(11)7-8-12;1-2-5-10-6-3-4-7-11(10)13-9-8-12;1-2-9-5-3-4-6-10(9)12-8-7-11;1-2-7-12-10-6-4-3-5-9(10)8-11;1-2-4-9-5-3-6-10(7-9)8-11;1-7-2-4-8(6-9)5-3-7/h3-10,16H,2,11H2,1H3;4-5,7-8,13H,2-3,6,9-10H2,1H3;3-6,12H,2,7-9H2,1H3;3-6,12H,2,7-9H2,1H3;3-4,6-7,12H,2,5,8-9H2,1H3;2*3-6,11H,2,7-8H2,1H3;3,5-7,11H,2,4,8H2,1H3;7-9H,2-6H2,1H3. The summed E-state index contributed by atoms with van der Waals surface area (Å²) in [6.07, 6.45) is 18.6. The molecule has 1 aliphatic rings. The summed E-state index contributed by atoms with van der Waals surface area (Å²) < 4.78 is 37.9. The number of aliphatic hydroxyl groups is 9. The van der Waals surface area contributed by atoms with Gasteiger partial charge in [0.05, 0.1) is 66.1 Å². The van der Waals surface area contributed by atoms with Gasteiger partial charge < -0.3 is 79.1 Å². The van der Waals surface area contributed by atoms with Crippen molar-refractivity contribution in [2.24, 2.45) is 11.8 Å². The Kier molecular flexibility index (Phi) is 62.3. The Morgan fingerprint density at radius 2 is 0.617 bits per heavy atom. The van der Waals surface area contributed by atoms with Crippen molar-refractivity contribution in [1.29, 1.82) is 0 Å². The summed E-state index contributed by atoms with van der Waals surface area (Å²) >= 11 is 1.73. The predicted molar refractivity (Wildman–Crippen MR) is 472 cm³/mol. The molecule has 9 N–H and O–H groups in total. The quantitative estimate of drug-likeness (QED) is 0.0175. The van der Waals surface area contributed by atoms with Gasteiger partial charge in [-0.15, -0.1) is 0 Å². The summed E-state index contributed by atoms with van der Waals surface area (Å²) in [5.41, 5.74) is 10.3. The van der Waals surface area contributed by atoms with Crippen molar-refractivity contribution in [1.82, 2.24) is 0 Å². The molecule has 0 unspecified atom stereocenters. The van der Waals surface area contributed by atoms with Crippen LogP contribution < -0.4 is 33.2 Å². The van der Waals surface area contributed by atoms with Crippen molar-refractivity contribution in [2.45, 2.75) is 201 Å². The molecule has 1 fully saturated rings. The monoisotopic (exact) mass is 1600 g/mol. The van der Waals surface area contributed by atoms with Crippen LogP contribution in [-0.2, 0) is 58.3 Å². The van der Waals surface area contributed by atoms with Crippen molar-refractivity contribution in [2.75, 3.05) is 85.9 Å². The molecule has 0 heterocycles. The maximum atomic E-state index is 9.31. The molecule has 0 radical (unpaired) electrons. The van der Waals surface area contributed by atoms with Gasteiger partial charge in [-0.1, -0.05) is 270 Å². The third-order valence-corrected chi connectivity index (χ3v) is 18.8. The molecule has 9 aromatic carbocycles. The van der Waals surface area contributed by atoms with Crippen LogP contribution in [0, 0.1) is 11.8 Å². The molecular weight excluding hydrogens is 1470 g/mol. The van der Waals surface area contributed by atoms with Crippen molar-refractivity contribution in [3.05, 3.63) is 268 Å². The summed E-state index contributed by atoms with van der Waals surface area (Å²) in [4.78, 5) is 2.41. The number of aryl methyl sites for hydroxylation is 5. The van der Waals surface area contributed by atoms with E-state index in [1.807, 2.05) is 164 Å². The fraction of sp³-hybridized carbons (Fsp3) is 0.449. The first-order chi connectivity index (χ1) is 56.3. The third kappa shape index (κ3) is 46.2. The summed E-state index contributed by atoms with van der Waals surface area (Å²) in [5.74, 6) is 7.36. The lowest BCUT2D eigenvalue weighted by atomic mass is 9.84. The smallest absolute Gasteiger partial charge is 0.161 e. The van der Waals surface area contributed by atoms with Crippen LogP contribution in [0.1, 0.15) is 183 Å². The van der Waals surface area contributed by atoms with Crippen molar-refractivity contribution in [3.63, 3.8) is 0 Å². The zero-order valence-corrected chi connectivity index (χ0v) is 71.4. The van der Waals surface area contributed by atoms with Crippen LogP contribution in [-0.4, -0.2) is 132 Å². The molecule has 115 heavy (non-hydrogen) atoms. The molecule has 9 aromatic rings. The van der Waals surface area contributed by atoms with Gasteiger partial charge in [0.15, 0.2) is 11.5 Å². The number of aliphatic hydroxyl groups excluding tert-OH is 9. The van der Waals surface area contributed by atoms with Crippen LogP contribution in [0.15, 0.2) is 228 Å². The second-order valence-corrected chi connectivity index (χ2v) is 28.1. The van der Waals surface area contributed by atoms with E-state index in [4.69, 9.17) is 74.0 Å². The fourth-order valence-electron chi connectivity index (χ4n) is 11.4. The Balaban J connectivity index is 0.000000441. The highest BCUT2D eigenvalue weighted by Crippen LogP contribution is 2.34. The highest BCUT2D eigenvalue weighted by molar-refractivity contribution is 7.99. The SMILES string of the molecule is CC1CCC(CO)CC1.CCCCc1ccccc1OCCO.CCCOc1ccccc1CCO.CCCOc1ccccc1CO.CCCOc1ccccc1OCCO.CCCc1cccc(CO)c1.CCCc1ccccc1OCCO.CCc1ccccc1OCCO.CCc1ccccc1Sc1ccccc1CO. The average Bonchev–Trinajstić information content (AvgIpc) is 0.850. The zero-order chi connectivity index (χ0) is 84.0. The number of benzene rings is 9. The summed E-state index contributed by atoms with van der Waals surface area (Å²) in [6.45, 7) is 23.9. The van der Waals surface area contributed by atoms with Crippen LogP contribution >= 0.6 is 11.8 Å². The number of unbranched alkanes of at least 4 members (excludes halogenated alkanes) is 1. The molecule has 10 rings (SSSR count). The highest BCUT2D eigenvalue weighted by Gasteiger charge is 2.17. The first-order valence-corrected chi connectivity index (χ1v) is 42.4. The lowest BCUT2D eigenvalue weighted by Crippen LogP contribution is -2.14.